The van der Waals surface area contributed by atoms with Crippen molar-refractivity contribution in [2.24, 2.45) is 5.73 Å². The predicted molar refractivity (Wildman–Crippen MR) is 81.9 cm³/mol. The molecule has 0 aliphatic carbocycles. The zero-order valence-corrected chi connectivity index (χ0v) is 12.7. The maximum atomic E-state index is 5.66. The molecule has 19 heavy (non-hydrogen) atoms. The molecule has 1 heterocycles. The molecule has 0 bridgehead atoms. The van der Waals surface area contributed by atoms with Gasteiger partial charge in [-0.3, -0.25) is 4.90 Å². The minimum atomic E-state index is 0. The molecule has 0 saturated carbocycles. The third kappa shape index (κ3) is 4.77. The van der Waals surface area contributed by atoms with Gasteiger partial charge in [-0.25, -0.2) is 0 Å². The summed E-state index contributed by atoms with van der Waals surface area (Å²) < 4.78 is 5.58. The number of benzene rings is 1. The van der Waals surface area contributed by atoms with Gasteiger partial charge in [-0.15, -0.1) is 12.4 Å². The van der Waals surface area contributed by atoms with Gasteiger partial charge in [0.15, 0.2) is 0 Å². The van der Waals surface area contributed by atoms with E-state index in [1.165, 1.54) is 11.1 Å². The number of hydrogen-bond donors (Lipinski definition) is 1. The standard InChI is InChI=1S/C15H24N2O.ClH/c1-12(2)14-5-3-13(4-6-14)10-17-7-8-18-15(9-16)11-17;/h3-6,12,15H,7-11,16H2,1-2H3;1H. The number of ether oxygens (including phenoxy) is 1. The number of morpholine rings is 1. The van der Waals surface area contributed by atoms with E-state index in [1.54, 1.807) is 0 Å². The average Bonchev–Trinajstić information content (AvgIpc) is 2.39. The summed E-state index contributed by atoms with van der Waals surface area (Å²) in [5.74, 6) is 0.601. The highest BCUT2D eigenvalue weighted by Gasteiger charge is 2.18. The van der Waals surface area contributed by atoms with Crippen molar-refractivity contribution < 1.29 is 4.74 Å². The fourth-order valence-corrected chi connectivity index (χ4v) is 2.33. The van der Waals surface area contributed by atoms with Crippen molar-refractivity contribution in [2.45, 2.75) is 32.4 Å². The summed E-state index contributed by atoms with van der Waals surface area (Å²) in [5, 5.41) is 0. The van der Waals surface area contributed by atoms with Crippen LogP contribution in [0.4, 0.5) is 0 Å². The number of nitrogens with two attached hydrogens (primary N) is 1. The summed E-state index contributed by atoms with van der Waals surface area (Å²) in [6.45, 7) is 8.81. The Hall–Kier alpha value is -0.610. The van der Waals surface area contributed by atoms with Crippen molar-refractivity contribution >= 4 is 12.4 Å². The van der Waals surface area contributed by atoms with Crippen LogP contribution in [0.2, 0.25) is 0 Å². The van der Waals surface area contributed by atoms with Crippen molar-refractivity contribution in [3.05, 3.63) is 35.4 Å². The summed E-state index contributed by atoms with van der Waals surface area (Å²) in [6, 6.07) is 8.95. The van der Waals surface area contributed by atoms with Crippen molar-refractivity contribution in [2.75, 3.05) is 26.2 Å². The summed E-state index contributed by atoms with van der Waals surface area (Å²) in [6.07, 6.45) is 0.202. The van der Waals surface area contributed by atoms with E-state index in [-0.39, 0.29) is 18.5 Å². The molecule has 1 atom stereocenters. The fraction of sp³-hybridized carbons (Fsp3) is 0.600. The van der Waals surface area contributed by atoms with Gasteiger partial charge in [-0.2, -0.15) is 0 Å². The van der Waals surface area contributed by atoms with Crippen molar-refractivity contribution in [3.63, 3.8) is 0 Å². The van der Waals surface area contributed by atoms with Gasteiger partial charge in [-0.05, 0) is 17.0 Å². The Morgan fingerprint density at radius 1 is 1.32 bits per heavy atom. The van der Waals surface area contributed by atoms with Gasteiger partial charge in [0.1, 0.15) is 0 Å². The Morgan fingerprint density at radius 3 is 2.58 bits per heavy atom. The van der Waals surface area contributed by atoms with Crippen LogP contribution in [-0.2, 0) is 11.3 Å². The summed E-state index contributed by atoms with van der Waals surface area (Å²) in [5.41, 5.74) is 8.44. The molecule has 108 valence electrons. The SMILES string of the molecule is CC(C)c1ccc(CN2CCOC(CN)C2)cc1.Cl. The topological polar surface area (TPSA) is 38.5 Å². The Bertz CT molecular complexity index is 367. The molecule has 1 aliphatic heterocycles. The first-order valence-corrected chi connectivity index (χ1v) is 6.82. The number of nitrogens with zero attached hydrogens (tertiary/aromatic N) is 1. The van der Waals surface area contributed by atoms with E-state index in [9.17, 15) is 0 Å². The molecule has 4 heteroatoms. The molecule has 0 radical (unpaired) electrons. The molecule has 3 nitrogen and oxygen atoms in total. The number of halogens is 1. The quantitative estimate of drug-likeness (QED) is 0.923. The maximum Gasteiger partial charge on any atom is 0.0824 e. The van der Waals surface area contributed by atoms with E-state index < -0.39 is 0 Å². The maximum absolute atomic E-state index is 5.66. The van der Waals surface area contributed by atoms with Gasteiger partial charge >= 0.3 is 0 Å². The second kappa shape index (κ2) is 7.85. The third-order valence-corrected chi connectivity index (χ3v) is 3.54. The molecule has 1 aromatic carbocycles. The van der Waals surface area contributed by atoms with Gasteiger partial charge in [0.2, 0.25) is 0 Å². The molecule has 0 aromatic heterocycles. The Kier molecular flexibility index (Phi) is 6.80. The molecule has 2 N–H and O–H groups in total. The van der Waals surface area contributed by atoms with Crippen LogP contribution >= 0.6 is 12.4 Å². The van der Waals surface area contributed by atoms with Gasteiger partial charge < -0.3 is 10.5 Å². The van der Waals surface area contributed by atoms with E-state index in [2.05, 4.69) is 43.0 Å². The zero-order valence-electron chi connectivity index (χ0n) is 11.8. The minimum Gasteiger partial charge on any atom is -0.374 e. The summed E-state index contributed by atoms with van der Waals surface area (Å²) in [4.78, 5) is 2.42. The van der Waals surface area contributed by atoms with Gasteiger partial charge in [0.25, 0.3) is 0 Å². The fourth-order valence-electron chi connectivity index (χ4n) is 2.33. The highest BCUT2D eigenvalue weighted by atomic mass is 35.5. The normalized spacial score (nSPS) is 20.3. The van der Waals surface area contributed by atoms with Crippen LogP contribution in [0.15, 0.2) is 24.3 Å². The molecule has 0 spiro atoms. The molecule has 0 amide bonds. The van der Waals surface area contributed by atoms with Crippen LogP contribution in [-0.4, -0.2) is 37.2 Å². The lowest BCUT2D eigenvalue weighted by molar-refractivity contribution is -0.0260. The minimum absolute atomic E-state index is 0. The second-order valence-corrected chi connectivity index (χ2v) is 5.36. The summed E-state index contributed by atoms with van der Waals surface area (Å²) >= 11 is 0. The highest BCUT2D eigenvalue weighted by Crippen LogP contribution is 2.16. The van der Waals surface area contributed by atoms with E-state index >= 15 is 0 Å². The zero-order chi connectivity index (χ0) is 13.0. The first kappa shape index (κ1) is 16.4. The van der Waals surface area contributed by atoms with Crippen molar-refractivity contribution in [1.29, 1.82) is 0 Å². The average molecular weight is 285 g/mol. The smallest absolute Gasteiger partial charge is 0.0824 e. The molecule has 1 unspecified atom stereocenters. The van der Waals surface area contributed by atoms with Crippen LogP contribution < -0.4 is 5.73 Å². The van der Waals surface area contributed by atoms with Crippen LogP contribution in [0.1, 0.15) is 30.9 Å². The van der Waals surface area contributed by atoms with E-state index in [4.69, 9.17) is 10.5 Å². The first-order chi connectivity index (χ1) is 8.69. The second-order valence-electron chi connectivity index (χ2n) is 5.36. The predicted octanol–water partition coefficient (Wildman–Crippen LogP) is 2.39. The van der Waals surface area contributed by atoms with Crippen LogP contribution in [0.25, 0.3) is 0 Å². The lowest BCUT2D eigenvalue weighted by atomic mass is 10.0. The third-order valence-electron chi connectivity index (χ3n) is 3.54. The largest absolute Gasteiger partial charge is 0.374 e. The molecule has 1 fully saturated rings. The molecule has 1 saturated heterocycles. The first-order valence-electron chi connectivity index (χ1n) is 6.82. The van der Waals surface area contributed by atoms with Crippen molar-refractivity contribution in [3.8, 4) is 0 Å². The number of rotatable bonds is 4. The van der Waals surface area contributed by atoms with Crippen LogP contribution in [0.5, 0.6) is 0 Å². The molecular formula is C15H25ClN2O. The molecule has 2 rings (SSSR count). The number of hydrogen-bond acceptors (Lipinski definition) is 3. The van der Waals surface area contributed by atoms with Gasteiger partial charge in [0.05, 0.1) is 12.7 Å². The Labute approximate surface area is 122 Å². The monoisotopic (exact) mass is 284 g/mol. The lowest BCUT2D eigenvalue weighted by Crippen LogP contribution is -2.45. The lowest BCUT2D eigenvalue weighted by Gasteiger charge is -2.32. The van der Waals surface area contributed by atoms with Gasteiger partial charge in [-0.1, -0.05) is 38.1 Å². The van der Waals surface area contributed by atoms with Crippen LogP contribution in [0, 0.1) is 0 Å². The molecule has 1 aromatic rings. The Balaban J connectivity index is 0.00000180. The van der Waals surface area contributed by atoms with Crippen molar-refractivity contribution in [1.82, 2.24) is 4.90 Å². The van der Waals surface area contributed by atoms with E-state index in [1.807, 2.05) is 0 Å². The summed E-state index contributed by atoms with van der Waals surface area (Å²) in [7, 11) is 0. The van der Waals surface area contributed by atoms with E-state index in [0.717, 1.165) is 26.2 Å². The molecular weight excluding hydrogens is 260 g/mol. The Morgan fingerprint density at radius 2 is 2.00 bits per heavy atom. The van der Waals surface area contributed by atoms with Crippen LogP contribution in [0.3, 0.4) is 0 Å². The van der Waals surface area contributed by atoms with Gasteiger partial charge in [0, 0.05) is 26.2 Å². The molecule has 1 aliphatic rings. The van der Waals surface area contributed by atoms with E-state index in [0.29, 0.717) is 12.5 Å². The highest BCUT2D eigenvalue weighted by molar-refractivity contribution is 5.85.